The highest BCUT2D eigenvalue weighted by atomic mass is 19.1. The average Bonchev–Trinajstić information content (AvgIpc) is 3.01. The summed E-state index contributed by atoms with van der Waals surface area (Å²) in [7, 11) is 6.67. The molecule has 1 saturated heterocycles. The number of para-hydroxylation sites is 1. The molecule has 1 atom stereocenters. The molecular weight excluding hydrogens is 403 g/mol. The van der Waals surface area contributed by atoms with Crippen molar-refractivity contribution >= 4 is 17.4 Å². The minimum Gasteiger partial charge on any atom is -0.507 e. The van der Waals surface area contributed by atoms with Crippen LogP contribution in [0.3, 0.4) is 0 Å². The molecule has 1 aliphatic heterocycles. The highest BCUT2D eigenvalue weighted by Gasteiger charge is 2.47. The molecule has 31 heavy (non-hydrogen) atoms. The maximum atomic E-state index is 13.4. The Balaban J connectivity index is 2.23. The number of methoxy groups -OCH3 is 2. The number of aliphatic hydroxyl groups excluding tert-OH is 1. The summed E-state index contributed by atoms with van der Waals surface area (Å²) in [6.45, 7) is 0.759. The van der Waals surface area contributed by atoms with Crippen molar-refractivity contribution in [3.63, 3.8) is 0 Å². The number of likely N-dealkylation sites (N-methyl/N-ethyl adjacent to an activating group) is 1. The van der Waals surface area contributed by atoms with E-state index in [4.69, 9.17) is 9.47 Å². The summed E-state index contributed by atoms with van der Waals surface area (Å²) in [5.74, 6) is -1.60. The van der Waals surface area contributed by atoms with Crippen LogP contribution >= 0.6 is 0 Å². The lowest BCUT2D eigenvalue weighted by Gasteiger charge is -2.28. The molecule has 0 radical (unpaired) electrons. The molecule has 3 rings (SSSR count). The molecule has 0 aromatic heterocycles. The van der Waals surface area contributed by atoms with Crippen LogP contribution in [0.15, 0.2) is 48.0 Å². The lowest BCUT2D eigenvalue weighted by molar-refractivity contribution is -0.140. The number of ether oxygens (including phenoxy) is 2. The fourth-order valence-corrected chi connectivity index (χ4v) is 3.63. The van der Waals surface area contributed by atoms with Crippen molar-refractivity contribution in [2.45, 2.75) is 6.04 Å². The molecule has 2 aromatic rings. The number of benzene rings is 2. The lowest BCUT2D eigenvalue weighted by atomic mass is 9.94. The van der Waals surface area contributed by atoms with E-state index in [0.717, 1.165) is 0 Å². The van der Waals surface area contributed by atoms with E-state index in [2.05, 4.69) is 0 Å². The van der Waals surface area contributed by atoms with Crippen molar-refractivity contribution in [2.24, 2.45) is 0 Å². The van der Waals surface area contributed by atoms with Gasteiger partial charge in [0, 0.05) is 24.2 Å². The van der Waals surface area contributed by atoms with Gasteiger partial charge in [0.15, 0.2) is 11.5 Å². The first-order valence-corrected chi connectivity index (χ1v) is 9.70. The van der Waals surface area contributed by atoms with Gasteiger partial charge in [0.25, 0.3) is 11.7 Å². The van der Waals surface area contributed by atoms with E-state index < -0.39 is 23.5 Å². The van der Waals surface area contributed by atoms with E-state index in [-0.39, 0.29) is 23.4 Å². The molecule has 1 heterocycles. The fraction of sp³-hybridized carbons (Fsp3) is 0.304. The topological polar surface area (TPSA) is 79.3 Å². The molecule has 0 aliphatic carbocycles. The fourth-order valence-electron chi connectivity index (χ4n) is 3.63. The van der Waals surface area contributed by atoms with Crippen LogP contribution < -0.4 is 9.47 Å². The molecular formula is C23H25FN2O5. The average molecular weight is 428 g/mol. The van der Waals surface area contributed by atoms with E-state index in [1.807, 2.05) is 19.0 Å². The molecule has 2 aromatic carbocycles. The maximum Gasteiger partial charge on any atom is 0.295 e. The minimum atomic E-state index is -0.893. The summed E-state index contributed by atoms with van der Waals surface area (Å²) >= 11 is 0. The Labute approximate surface area is 180 Å². The summed E-state index contributed by atoms with van der Waals surface area (Å²) in [6.07, 6.45) is 0. The number of aliphatic hydroxyl groups is 1. The Morgan fingerprint density at radius 2 is 1.77 bits per heavy atom. The predicted molar refractivity (Wildman–Crippen MR) is 114 cm³/mol. The van der Waals surface area contributed by atoms with E-state index in [1.165, 1.54) is 43.4 Å². The SMILES string of the molecule is COc1cccc([C@@H]2/C(=C(\O)c3ccc(F)cc3)C(=O)C(=O)N2CCN(C)C)c1OC. The van der Waals surface area contributed by atoms with Crippen LogP contribution in [0.2, 0.25) is 0 Å². The van der Waals surface area contributed by atoms with Gasteiger partial charge in [-0.15, -0.1) is 0 Å². The Morgan fingerprint density at radius 1 is 1.10 bits per heavy atom. The van der Waals surface area contributed by atoms with E-state index >= 15 is 0 Å². The highest BCUT2D eigenvalue weighted by Crippen LogP contribution is 2.45. The lowest BCUT2D eigenvalue weighted by Crippen LogP contribution is -2.35. The van der Waals surface area contributed by atoms with Crippen LogP contribution in [0.25, 0.3) is 5.76 Å². The molecule has 1 fully saturated rings. The number of carbonyl (C=O) groups excluding carboxylic acids is 2. The third-order valence-electron chi connectivity index (χ3n) is 5.17. The molecule has 0 unspecified atom stereocenters. The van der Waals surface area contributed by atoms with Gasteiger partial charge in [-0.05, 0) is 44.4 Å². The molecule has 164 valence electrons. The third kappa shape index (κ3) is 4.25. The zero-order valence-corrected chi connectivity index (χ0v) is 17.9. The van der Waals surface area contributed by atoms with E-state index in [0.29, 0.717) is 23.6 Å². The van der Waals surface area contributed by atoms with E-state index in [9.17, 15) is 19.1 Å². The normalized spacial score (nSPS) is 18.0. The molecule has 7 nitrogen and oxygen atoms in total. The second-order valence-electron chi connectivity index (χ2n) is 7.39. The van der Waals surface area contributed by atoms with Crippen molar-refractivity contribution < 1.29 is 28.6 Å². The first kappa shape index (κ1) is 22.3. The third-order valence-corrected chi connectivity index (χ3v) is 5.17. The van der Waals surface area contributed by atoms with Gasteiger partial charge in [-0.3, -0.25) is 9.59 Å². The van der Waals surface area contributed by atoms with Gasteiger partial charge in [0.05, 0.1) is 25.8 Å². The highest BCUT2D eigenvalue weighted by molar-refractivity contribution is 6.46. The van der Waals surface area contributed by atoms with Gasteiger partial charge in [0.1, 0.15) is 11.6 Å². The van der Waals surface area contributed by atoms with Crippen molar-refractivity contribution in [1.29, 1.82) is 0 Å². The smallest absolute Gasteiger partial charge is 0.295 e. The molecule has 0 bridgehead atoms. The van der Waals surface area contributed by atoms with E-state index in [1.54, 1.807) is 18.2 Å². The standard InChI is InChI=1S/C23H25FN2O5/c1-25(2)12-13-26-19(16-6-5-7-17(30-3)22(16)31-4)18(21(28)23(26)29)20(27)14-8-10-15(24)11-9-14/h5-11,19,27H,12-13H2,1-4H3/b20-18+/t19-/m1/s1. The second kappa shape index (κ2) is 9.18. The Bertz CT molecular complexity index is 1020. The van der Waals surface area contributed by atoms with Gasteiger partial charge in [-0.25, -0.2) is 4.39 Å². The number of ketones is 1. The van der Waals surface area contributed by atoms with Gasteiger partial charge in [0.2, 0.25) is 0 Å². The summed E-state index contributed by atoms with van der Waals surface area (Å²) in [4.78, 5) is 29.2. The van der Waals surface area contributed by atoms with Gasteiger partial charge in [-0.2, -0.15) is 0 Å². The molecule has 0 spiro atoms. The maximum absolute atomic E-state index is 13.4. The number of amides is 1. The summed E-state index contributed by atoms with van der Waals surface area (Å²) < 4.78 is 24.3. The number of likely N-dealkylation sites (tertiary alicyclic amines) is 1. The van der Waals surface area contributed by atoms with Gasteiger partial charge >= 0.3 is 0 Å². The first-order chi connectivity index (χ1) is 14.8. The van der Waals surface area contributed by atoms with Crippen LogP contribution in [0.4, 0.5) is 4.39 Å². The number of rotatable bonds is 7. The quantitative estimate of drug-likeness (QED) is 0.415. The van der Waals surface area contributed by atoms with Crippen LogP contribution in [0.5, 0.6) is 11.5 Å². The van der Waals surface area contributed by atoms with Crippen molar-refractivity contribution in [3.05, 3.63) is 65.0 Å². The van der Waals surface area contributed by atoms with Crippen molar-refractivity contribution in [2.75, 3.05) is 41.4 Å². The van der Waals surface area contributed by atoms with Crippen LogP contribution in [0, 0.1) is 5.82 Å². The van der Waals surface area contributed by atoms with Gasteiger partial charge in [-0.1, -0.05) is 12.1 Å². The Hall–Kier alpha value is -3.39. The second-order valence-corrected chi connectivity index (χ2v) is 7.39. The largest absolute Gasteiger partial charge is 0.507 e. The predicted octanol–water partition coefficient (Wildman–Crippen LogP) is 2.83. The number of Topliss-reactive ketones (excluding diaryl/α,β-unsaturated/α-hetero) is 1. The van der Waals surface area contributed by atoms with Crippen LogP contribution in [-0.2, 0) is 9.59 Å². The number of hydrogen-bond donors (Lipinski definition) is 1. The molecule has 8 heteroatoms. The number of hydrogen-bond acceptors (Lipinski definition) is 6. The molecule has 1 amide bonds. The minimum absolute atomic E-state index is 0.0816. The Kier molecular flexibility index (Phi) is 6.60. The first-order valence-electron chi connectivity index (χ1n) is 9.70. The number of carbonyl (C=O) groups is 2. The monoisotopic (exact) mass is 428 g/mol. The van der Waals surface area contributed by atoms with Crippen LogP contribution in [-0.4, -0.2) is 68.0 Å². The summed E-state index contributed by atoms with van der Waals surface area (Å²) in [6, 6.07) is 9.33. The Morgan fingerprint density at radius 3 is 2.35 bits per heavy atom. The van der Waals surface area contributed by atoms with Crippen molar-refractivity contribution in [3.8, 4) is 11.5 Å². The number of halogens is 1. The zero-order valence-electron chi connectivity index (χ0n) is 17.9. The zero-order chi connectivity index (χ0) is 22.7. The summed E-state index contributed by atoms with van der Waals surface area (Å²) in [5, 5.41) is 11.0. The van der Waals surface area contributed by atoms with Crippen molar-refractivity contribution in [1.82, 2.24) is 9.80 Å². The molecule has 0 saturated carbocycles. The number of nitrogens with zero attached hydrogens (tertiary/aromatic N) is 2. The van der Waals surface area contributed by atoms with Crippen LogP contribution in [0.1, 0.15) is 17.2 Å². The molecule has 1 aliphatic rings. The van der Waals surface area contributed by atoms with Gasteiger partial charge < -0.3 is 24.4 Å². The summed E-state index contributed by atoms with van der Waals surface area (Å²) in [5.41, 5.74) is 0.657. The molecule has 1 N–H and O–H groups in total.